The lowest BCUT2D eigenvalue weighted by atomic mass is 10.2. The van der Waals surface area contributed by atoms with Crippen LogP contribution >= 0.6 is 15.9 Å². The SMILES string of the molecule is CC(C)(C)OC(=O)N1CCC(Oc2ncc(Br)nc2C(F)(F)F)C1. The van der Waals surface area contributed by atoms with Gasteiger partial charge in [0.2, 0.25) is 11.6 Å². The average molecular weight is 412 g/mol. The molecule has 0 spiro atoms. The van der Waals surface area contributed by atoms with Crippen molar-refractivity contribution in [3.8, 4) is 5.88 Å². The zero-order chi connectivity index (χ0) is 18.1. The van der Waals surface area contributed by atoms with Gasteiger partial charge in [0.05, 0.1) is 12.7 Å². The molecule has 1 aromatic heterocycles. The largest absolute Gasteiger partial charge is 0.471 e. The Morgan fingerprint density at radius 1 is 1.38 bits per heavy atom. The number of rotatable bonds is 2. The van der Waals surface area contributed by atoms with Crippen LogP contribution in [0.2, 0.25) is 0 Å². The molecular formula is C14H17BrF3N3O3. The summed E-state index contributed by atoms with van der Waals surface area (Å²) < 4.78 is 49.5. The normalized spacial score (nSPS) is 18.6. The van der Waals surface area contributed by atoms with E-state index in [1.54, 1.807) is 20.8 Å². The number of alkyl halides is 3. The lowest BCUT2D eigenvalue weighted by Gasteiger charge is -2.24. The van der Waals surface area contributed by atoms with Crippen molar-refractivity contribution in [3.63, 3.8) is 0 Å². The van der Waals surface area contributed by atoms with Crippen LogP contribution in [0.25, 0.3) is 0 Å². The molecule has 2 heterocycles. The highest BCUT2D eigenvalue weighted by molar-refractivity contribution is 9.10. The van der Waals surface area contributed by atoms with Crippen LogP contribution in [-0.2, 0) is 10.9 Å². The molecule has 1 amide bonds. The zero-order valence-corrected chi connectivity index (χ0v) is 14.9. The predicted molar refractivity (Wildman–Crippen MR) is 81.6 cm³/mol. The van der Waals surface area contributed by atoms with E-state index < -0.39 is 35.5 Å². The highest BCUT2D eigenvalue weighted by Crippen LogP contribution is 2.35. The van der Waals surface area contributed by atoms with E-state index in [0.717, 1.165) is 6.20 Å². The van der Waals surface area contributed by atoms with Crippen LogP contribution in [-0.4, -0.2) is 45.8 Å². The molecule has 134 valence electrons. The Morgan fingerprint density at radius 3 is 2.62 bits per heavy atom. The summed E-state index contributed by atoms with van der Waals surface area (Å²) in [5, 5.41) is 0. The predicted octanol–water partition coefficient (Wildman–Crippen LogP) is 3.65. The Bertz CT molecular complexity index is 620. The van der Waals surface area contributed by atoms with Gasteiger partial charge in [0.15, 0.2) is 0 Å². The van der Waals surface area contributed by atoms with Gasteiger partial charge in [0.25, 0.3) is 0 Å². The fraction of sp³-hybridized carbons (Fsp3) is 0.643. The second kappa shape index (κ2) is 6.73. The zero-order valence-electron chi connectivity index (χ0n) is 13.4. The minimum Gasteiger partial charge on any atom is -0.471 e. The van der Waals surface area contributed by atoms with Gasteiger partial charge < -0.3 is 14.4 Å². The van der Waals surface area contributed by atoms with Crippen LogP contribution in [0.4, 0.5) is 18.0 Å². The Hall–Kier alpha value is -1.58. The molecule has 24 heavy (non-hydrogen) atoms. The van der Waals surface area contributed by atoms with Crippen LogP contribution in [0.15, 0.2) is 10.8 Å². The van der Waals surface area contributed by atoms with Crippen molar-refractivity contribution in [3.05, 3.63) is 16.5 Å². The van der Waals surface area contributed by atoms with E-state index in [4.69, 9.17) is 9.47 Å². The number of likely N-dealkylation sites (tertiary alicyclic amines) is 1. The molecule has 1 atom stereocenters. The van der Waals surface area contributed by atoms with Gasteiger partial charge in [0.1, 0.15) is 16.3 Å². The molecule has 0 radical (unpaired) electrons. The molecule has 0 saturated carbocycles. The van der Waals surface area contributed by atoms with Crippen molar-refractivity contribution in [1.82, 2.24) is 14.9 Å². The van der Waals surface area contributed by atoms with E-state index in [-0.39, 0.29) is 11.1 Å². The van der Waals surface area contributed by atoms with Crippen molar-refractivity contribution in [2.45, 2.75) is 45.1 Å². The van der Waals surface area contributed by atoms with E-state index >= 15 is 0 Å². The molecular weight excluding hydrogens is 395 g/mol. The van der Waals surface area contributed by atoms with Crippen LogP contribution in [0.3, 0.4) is 0 Å². The van der Waals surface area contributed by atoms with Gasteiger partial charge in [0, 0.05) is 13.0 Å². The summed E-state index contributed by atoms with van der Waals surface area (Å²) in [6.45, 7) is 5.68. The summed E-state index contributed by atoms with van der Waals surface area (Å²) in [4.78, 5) is 20.4. The van der Waals surface area contributed by atoms with E-state index in [2.05, 4.69) is 25.9 Å². The van der Waals surface area contributed by atoms with E-state index in [1.165, 1.54) is 4.90 Å². The third-order valence-corrected chi connectivity index (χ3v) is 3.44. The number of ether oxygens (including phenoxy) is 2. The van der Waals surface area contributed by atoms with E-state index in [0.29, 0.717) is 13.0 Å². The van der Waals surface area contributed by atoms with Crippen LogP contribution in [0.5, 0.6) is 5.88 Å². The number of halogens is 4. The maximum atomic E-state index is 13.0. The van der Waals surface area contributed by atoms with Crippen molar-refractivity contribution in [2.75, 3.05) is 13.1 Å². The molecule has 1 aliphatic heterocycles. The summed E-state index contributed by atoms with van der Waals surface area (Å²) in [7, 11) is 0. The minimum atomic E-state index is -4.68. The first-order valence-corrected chi connectivity index (χ1v) is 7.99. The quantitative estimate of drug-likeness (QED) is 0.742. The third kappa shape index (κ3) is 4.96. The minimum absolute atomic E-state index is 0.0380. The molecule has 1 aliphatic rings. The Balaban J connectivity index is 2.05. The maximum Gasteiger partial charge on any atom is 0.438 e. The molecule has 1 aromatic rings. The second-order valence-electron chi connectivity index (χ2n) is 6.30. The Kier molecular flexibility index (Phi) is 5.26. The number of nitrogens with zero attached hydrogens (tertiary/aromatic N) is 3. The fourth-order valence-electron chi connectivity index (χ4n) is 2.10. The lowest BCUT2D eigenvalue weighted by molar-refractivity contribution is -0.143. The first-order chi connectivity index (χ1) is 11.0. The van der Waals surface area contributed by atoms with Crippen molar-refractivity contribution in [2.24, 2.45) is 0 Å². The summed E-state index contributed by atoms with van der Waals surface area (Å²) in [6.07, 6.45) is -4.30. The van der Waals surface area contributed by atoms with Gasteiger partial charge in [-0.15, -0.1) is 0 Å². The molecule has 1 fully saturated rings. The van der Waals surface area contributed by atoms with Gasteiger partial charge in [-0.3, -0.25) is 0 Å². The number of hydrogen-bond donors (Lipinski definition) is 0. The number of carbonyl (C=O) groups is 1. The smallest absolute Gasteiger partial charge is 0.438 e. The number of amides is 1. The average Bonchev–Trinajstić information content (AvgIpc) is 2.86. The highest BCUT2D eigenvalue weighted by Gasteiger charge is 2.39. The number of carbonyl (C=O) groups excluding carboxylic acids is 1. The van der Waals surface area contributed by atoms with Gasteiger partial charge >= 0.3 is 12.3 Å². The standard InChI is InChI=1S/C14H17BrF3N3O3/c1-13(2,3)24-12(22)21-5-4-8(7-21)23-11-10(14(16,17)18)20-9(15)6-19-11/h6,8H,4-5,7H2,1-3H3. The first-order valence-electron chi connectivity index (χ1n) is 7.20. The molecule has 0 N–H and O–H groups in total. The third-order valence-electron chi connectivity index (χ3n) is 3.05. The molecule has 0 bridgehead atoms. The summed E-state index contributed by atoms with van der Waals surface area (Å²) in [5.41, 5.74) is -1.84. The summed E-state index contributed by atoms with van der Waals surface area (Å²) >= 11 is 2.86. The number of hydrogen-bond acceptors (Lipinski definition) is 5. The number of aromatic nitrogens is 2. The Morgan fingerprint density at radius 2 is 2.04 bits per heavy atom. The first kappa shape index (κ1) is 18.8. The Labute approximate surface area is 145 Å². The topological polar surface area (TPSA) is 64.5 Å². The molecule has 6 nitrogen and oxygen atoms in total. The molecule has 10 heteroatoms. The molecule has 0 aliphatic carbocycles. The lowest BCUT2D eigenvalue weighted by Crippen LogP contribution is -2.36. The monoisotopic (exact) mass is 411 g/mol. The van der Waals surface area contributed by atoms with Gasteiger partial charge in [-0.05, 0) is 36.7 Å². The van der Waals surface area contributed by atoms with Crippen LogP contribution in [0.1, 0.15) is 32.9 Å². The molecule has 1 saturated heterocycles. The summed E-state index contributed by atoms with van der Waals surface area (Å²) in [5.74, 6) is -0.596. The van der Waals surface area contributed by atoms with E-state index in [9.17, 15) is 18.0 Å². The van der Waals surface area contributed by atoms with Crippen molar-refractivity contribution >= 4 is 22.0 Å². The molecule has 1 unspecified atom stereocenters. The maximum absolute atomic E-state index is 13.0. The second-order valence-corrected chi connectivity index (χ2v) is 7.11. The van der Waals surface area contributed by atoms with Gasteiger partial charge in [-0.1, -0.05) is 0 Å². The van der Waals surface area contributed by atoms with Crippen LogP contribution < -0.4 is 4.74 Å². The van der Waals surface area contributed by atoms with Crippen molar-refractivity contribution in [1.29, 1.82) is 0 Å². The van der Waals surface area contributed by atoms with Crippen LogP contribution in [0, 0.1) is 0 Å². The van der Waals surface area contributed by atoms with E-state index in [1.807, 2.05) is 0 Å². The highest BCUT2D eigenvalue weighted by atomic mass is 79.9. The van der Waals surface area contributed by atoms with Crippen molar-refractivity contribution < 1.29 is 27.4 Å². The summed E-state index contributed by atoms with van der Waals surface area (Å²) in [6, 6.07) is 0. The fourth-order valence-corrected chi connectivity index (χ4v) is 2.38. The van der Waals surface area contributed by atoms with Gasteiger partial charge in [-0.2, -0.15) is 13.2 Å². The molecule has 2 rings (SSSR count). The molecule has 0 aromatic carbocycles. The van der Waals surface area contributed by atoms with Gasteiger partial charge in [-0.25, -0.2) is 14.8 Å².